The van der Waals surface area contributed by atoms with Crippen molar-refractivity contribution in [2.45, 2.75) is 6.42 Å². The maximum Gasteiger partial charge on any atom is 0.365 e. The normalized spacial score (nSPS) is 11.2. The van der Waals surface area contributed by atoms with Gasteiger partial charge < -0.3 is 9.57 Å². The van der Waals surface area contributed by atoms with E-state index in [1.54, 1.807) is 42.7 Å². The Bertz CT molecular complexity index is 840. The molecule has 126 valence electrons. The number of carbonyl (C=O) groups is 1. The number of benzene rings is 2. The van der Waals surface area contributed by atoms with Gasteiger partial charge in [0.25, 0.3) is 0 Å². The van der Waals surface area contributed by atoms with Crippen molar-refractivity contribution >= 4 is 23.0 Å². The van der Waals surface area contributed by atoms with Gasteiger partial charge in [-0.15, -0.1) is 11.3 Å². The summed E-state index contributed by atoms with van der Waals surface area (Å²) < 4.78 is 5.08. The molecule has 3 aromatic rings. The lowest BCUT2D eigenvalue weighted by Crippen LogP contribution is -2.08. The standard InChI is InChI=1S/C20H17NO3S/c1-23-17-11-9-16(10-12-17)20(22)24-21-18(19-8-5-13-25-19)14-15-6-3-2-4-7-15/h2-13H,14H2,1H3/b21-18+. The van der Waals surface area contributed by atoms with Gasteiger partial charge in [0.2, 0.25) is 0 Å². The molecule has 2 aromatic carbocycles. The van der Waals surface area contributed by atoms with E-state index in [-0.39, 0.29) is 0 Å². The number of hydrogen-bond donors (Lipinski definition) is 0. The van der Waals surface area contributed by atoms with Crippen LogP contribution in [0.5, 0.6) is 5.75 Å². The van der Waals surface area contributed by atoms with E-state index >= 15 is 0 Å². The van der Waals surface area contributed by atoms with Crippen molar-refractivity contribution in [3.8, 4) is 5.75 Å². The molecule has 0 N–H and O–H groups in total. The third kappa shape index (κ3) is 4.55. The van der Waals surface area contributed by atoms with Crippen molar-refractivity contribution in [1.82, 2.24) is 0 Å². The predicted octanol–water partition coefficient (Wildman–Crippen LogP) is 4.56. The molecule has 0 bridgehead atoms. The lowest BCUT2D eigenvalue weighted by Gasteiger charge is -2.05. The molecule has 5 heteroatoms. The lowest BCUT2D eigenvalue weighted by atomic mass is 10.1. The van der Waals surface area contributed by atoms with Gasteiger partial charge in [0.05, 0.1) is 17.6 Å². The van der Waals surface area contributed by atoms with E-state index in [0.29, 0.717) is 17.7 Å². The maximum absolute atomic E-state index is 12.2. The molecule has 0 aliphatic rings. The van der Waals surface area contributed by atoms with Crippen LogP contribution in [0.25, 0.3) is 0 Å². The first kappa shape index (κ1) is 16.9. The summed E-state index contributed by atoms with van der Waals surface area (Å²) in [5.74, 6) is 0.188. The molecular formula is C20H17NO3S. The Kier molecular flexibility index (Phi) is 5.59. The Hall–Kier alpha value is -2.92. The zero-order valence-electron chi connectivity index (χ0n) is 13.7. The van der Waals surface area contributed by atoms with E-state index in [4.69, 9.17) is 9.57 Å². The fraction of sp³-hybridized carbons (Fsp3) is 0.100. The molecule has 25 heavy (non-hydrogen) atoms. The summed E-state index contributed by atoms with van der Waals surface area (Å²) in [6.45, 7) is 0. The van der Waals surface area contributed by atoms with Crippen LogP contribution in [0.15, 0.2) is 77.3 Å². The summed E-state index contributed by atoms with van der Waals surface area (Å²) in [6, 6.07) is 20.6. The number of ether oxygens (including phenoxy) is 1. The molecule has 0 spiro atoms. The van der Waals surface area contributed by atoms with Crippen molar-refractivity contribution in [3.63, 3.8) is 0 Å². The van der Waals surface area contributed by atoms with Crippen LogP contribution in [0, 0.1) is 0 Å². The fourth-order valence-corrected chi connectivity index (χ4v) is 2.98. The largest absolute Gasteiger partial charge is 0.497 e. The van der Waals surface area contributed by atoms with Crippen LogP contribution >= 0.6 is 11.3 Å². The van der Waals surface area contributed by atoms with Crippen LogP contribution in [0.3, 0.4) is 0 Å². The van der Waals surface area contributed by atoms with E-state index < -0.39 is 5.97 Å². The van der Waals surface area contributed by atoms with Gasteiger partial charge >= 0.3 is 5.97 Å². The summed E-state index contributed by atoms with van der Waals surface area (Å²) >= 11 is 1.56. The Labute approximate surface area is 150 Å². The van der Waals surface area contributed by atoms with Crippen LogP contribution in [-0.4, -0.2) is 18.8 Å². The summed E-state index contributed by atoms with van der Waals surface area (Å²) in [6.07, 6.45) is 0.594. The Morgan fingerprint density at radius 3 is 2.40 bits per heavy atom. The van der Waals surface area contributed by atoms with E-state index in [2.05, 4.69) is 5.16 Å². The molecule has 0 saturated carbocycles. The quantitative estimate of drug-likeness (QED) is 0.371. The molecule has 0 radical (unpaired) electrons. The third-order valence-corrected chi connectivity index (χ3v) is 4.50. The van der Waals surface area contributed by atoms with Gasteiger partial charge in [-0.05, 0) is 41.3 Å². The van der Waals surface area contributed by atoms with Crippen molar-refractivity contribution < 1.29 is 14.4 Å². The highest BCUT2D eigenvalue weighted by Crippen LogP contribution is 2.16. The number of carbonyl (C=O) groups excluding carboxylic acids is 1. The summed E-state index contributed by atoms with van der Waals surface area (Å²) in [7, 11) is 1.58. The van der Waals surface area contributed by atoms with E-state index in [9.17, 15) is 4.79 Å². The average molecular weight is 351 g/mol. The second kappa shape index (κ2) is 8.26. The van der Waals surface area contributed by atoms with Crippen LogP contribution in [-0.2, 0) is 11.3 Å². The van der Waals surface area contributed by atoms with Crippen molar-refractivity contribution in [1.29, 1.82) is 0 Å². The first-order chi connectivity index (χ1) is 12.3. The minimum atomic E-state index is -0.496. The molecule has 0 aliphatic heterocycles. The van der Waals surface area contributed by atoms with Crippen LogP contribution in [0.4, 0.5) is 0 Å². The highest BCUT2D eigenvalue weighted by molar-refractivity contribution is 7.12. The van der Waals surface area contributed by atoms with E-state index in [1.165, 1.54) is 0 Å². The molecule has 3 rings (SSSR count). The van der Waals surface area contributed by atoms with Gasteiger partial charge in [0, 0.05) is 6.42 Å². The number of thiophene rings is 1. The predicted molar refractivity (Wildman–Crippen MR) is 99.4 cm³/mol. The van der Waals surface area contributed by atoms with Gasteiger partial charge in [-0.1, -0.05) is 41.6 Å². The lowest BCUT2D eigenvalue weighted by molar-refractivity contribution is 0.0516. The van der Waals surface area contributed by atoms with Crippen LogP contribution in [0.1, 0.15) is 20.8 Å². The number of methoxy groups -OCH3 is 1. The third-order valence-electron chi connectivity index (χ3n) is 3.58. The molecule has 0 aliphatic carbocycles. The van der Waals surface area contributed by atoms with Gasteiger partial charge in [-0.2, -0.15) is 0 Å². The minimum absolute atomic E-state index is 0.426. The van der Waals surface area contributed by atoms with E-state index in [1.807, 2.05) is 47.8 Å². The van der Waals surface area contributed by atoms with Gasteiger partial charge in [-0.25, -0.2) is 4.79 Å². The zero-order valence-corrected chi connectivity index (χ0v) is 14.5. The van der Waals surface area contributed by atoms with Gasteiger partial charge in [-0.3, -0.25) is 0 Å². The first-order valence-corrected chi connectivity index (χ1v) is 8.64. The fourth-order valence-electron chi connectivity index (χ4n) is 2.27. The molecule has 0 atom stereocenters. The second-order valence-corrected chi connectivity index (χ2v) is 6.23. The molecular weight excluding hydrogens is 334 g/mol. The molecule has 4 nitrogen and oxygen atoms in total. The highest BCUT2D eigenvalue weighted by atomic mass is 32.1. The zero-order chi connectivity index (χ0) is 17.5. The monoisotopic (exact) mass is 351 g/mol. The first-order valence-electron chi connectivity index (χ1n) is 7.76. The highest BCUT2D eigenvalue weighted by Gasteiger charge is 2.11. The molecule has 1 heterocycles. The Balaban J connectivity index is 1.77. The maximum atomic E-state index is 12.2. The van der Waals surface area contributed by atoms with Crippen LogP contribution < -0.4 is 4.74 Å². The van der Waals surface area contributed by atoms with Gasteiger partial charge in [0.1, 0.15) is 11.5 Å². The van der Waals surface area contributed by atoms with Crippen LogP contribution in [0.2, 0.25) is 0 Å². The number of oxime groups is 1. The molecule has 0 amide bonds. The summed E-state index contributed by atoms with van der Waals surface area (Å²) in [5, 5.41) is 6.10. The topological polar surface area (TPSA) is 47.9 Å². The number of rotatable bonds is 6. The summed E-state index contributed by atoms with van der Waals surface area (Å²) in [4.78, 5) is 18.4. The summed E-state index contributed by atoms with van der Waals surface area (Å²) in [5.41, 5.74) is 2.26. The second-order valence-electron chi connectivity index (χ2n) is 5.28. The smallest absolute Gasteiger partial charge is 0.365 e. The molecule has 0 saturated heterocycles. The molecule has 0 unspecified atom stereocenters. The van der Waals surface area contributed by atoms with Crippen molar-refractivity contribution in [2.75, 3.05) is 7.11 Å². The van der Waals surface area contributed by atoms with Crippen molar-refractivity contribution in [2.24, 2.45) is 5.16 Å². The SMILES string of the molecule is COc1ccc(C(=O)O/N=C(\Cc2ccccc2)c2cccs2)cc1. The average Bonchev–Trinajstić information content (AvgIpc) is 3.20. The van der Waals surface area contributed by atoms with E-state index in [0.717, 1.165) is 16.2 Å². The number of hydrogen-bond acceptors (Lipinski definition) is 5. The molecule has 1 aromatic heterocycles. The Morgan fingerprint density at radius 2 is 1.76 bits per heavy atom. The van der Waals surface area contributed by atoms with Gasteiger partial charge in [0.15, 0.2) is 0 Å². The molecule has 0 fully saturated rings. The minimum Gasteiger partial charge on any atom is -0.497 e. The number of nitrogens with zero attached hydrogens (tertiary/aromatic N) is 1. The Morgan fingerprint density at radius 1 is 1.00 bits per heavy atom. The van der Waals surface area contributed by atoms with Crippen molar-refractivity contribution in [3.05, 3.63) is 88.1 Å².